The van der Waals surface area contributed by atoms with E-state index in [1.54, 1.807) is 7.11 Å². The largest absolute Gasteiger partial charge is 0.497 e. The molecule has 20 heavy (non-hydrogen) atoms. The molecular weight excluding hydrogens is 252 g/mol. The number of methoxy groups -OCH3 is 1. The van der Waals surface area contributed by atoms with Crippen molar-refractivity contribution in [3.8, 4) is 5.75 Å². The molecule has 0 aliphatic rings. The average molecular weight is 266 g/mol. The summed E-state index contributed by atoms with van der Waals surface area (Å²) < 4.78 is 5.14. The molecule has 0 atom stereocenters. The molecule has 3 aromatic rings. The van der Waals surface area contributed by atoms with Crippen molar-refractivity contribution in [3.63, 3.8) is 0 Å². The number of hydrogen-bond donors (Lipinski definition) is 2. The molecule has 5 nitrogen and oxygen atoms in total. The summed E-state index contributed by atoms with van der Waals surface area (Å²) in [4.78, 5) is 8.50. The number of rotatable bonds is 3. The Kier molecular flexibility index (Phi) is 3.09. The van der Waals surface area contributed by atoms with Gasteiger partial charge in [0.2, 0.25) is 0 Å². The molecule has 1 aromatic heterocycles. The molecule has 1 heterocycles. The van der Waals surface area contributed by atoms with Crippen molar-refractivity contribution in [1.29, 1.82) is 0 Å². The zero-order valence-electron chi connectivity index (χ0n) is 11.0. The SMILES string of the molecule is COc1ccc(Nc2ncnc3cc(N)ccc23)cc1. The Morgan fingerprint density at radius 2 is 1.85 bits per heavy atom. The van der Waals surface area contributed by atoms with Gasteiger partial charge in [-0.1, -0.05) is 0 Å². The molecule has 0 aliphatic heterocycles. The van der Waals surface area contributed by atoms with Crippen LogP contribution in [0.25, 0.3) is 10.9 Å². The van der Waals surface area contributed by atoms with Crippen LogP contribution in [0.2, 0.25) is 0 Å². The number of benzene rings is 2. The van der Waals surface area contributed by atoms with Gasteiger partial charge >= 0.3 is 0 Å². The first-order chi connectivity index (χ1) is 9.76. The molecule has 5 heteroatoms. The van der Waals surface area contributed by atoms with Crippen molar-refractivity contribution >= 4 is 28.1 Å². The normalized spacial score (nSPS) is 10.4. The maximum atomic E-state index is 5.76. The molecule has 0 saturated heterocycles. The fourth-order valence-electron chi connectivity index (χ4n) is 1.98. The third-order valence-corrected chi connectivity index (χ3v) is 3.01. The van der Waals surface area contributed by atoms with Gasteiger partial charge in [-0.3, -0.25) is 0 Å². The lowest BCUT2D eigenvalue weighted by Crippen LogP contribution is -1.96. The highest BCUT2D eigenvalue weighted by Gasteiger charge is 2.04. The van der Waals surface area contributed by atoms with E-state index in [1.165, 1.54) is 6.33 Å². The van der Waals surface area contributed by atoms with Crippen molar-refractivity contribution in [3.05, 3.63) is 48.8 Å². The fraction of sp³-hybridized carbons (Fsp3) is 0.0667. The van der Waals surface area contributed by atoms with Gasteiger partial charge in [-0.2, -0.15) is 0 Å². The van der Waals surface area contributed by atoms with Gasteiger partial charge in [-0.25, -0.2) is 9.97 Å². The summed E-state index contributed by atoms with van der Waals surface area (Å²) in [7, 11) is 1.64. The van der Waals surface area contributed by atoms with E-state index in [-0.39, 0.29) is 0 Å². The number of hydrogen-bond acceptors (Lipinski definition) is 5. The summed E-state index contributed by atoms with van der Waals surface area (Å²) in [5.41, 5.74) is 8.20. The van der Waals surface area contributed by atoms with E-state index in [1.807, 2.05) is 42.5 Å². The summed E-state index contributed by atoms with van der Waals surface area (Å²) >= 11 is 0. The van der Waals surface area contributed by atoms with Crippen LogP contribution < -0.4 is 15.8 Å². The first-order valence-corrected chi connectivity index (χ1v) is 6.17. The summed E-state index contributed by atoms with van der Waals surface area (Å²) in [6, 6.07) is 13.2. The standard InChI is InChI=1S/C15H14N4O/c1-20-12-5-3-11(4-6-12)19-15-13-7-2-10(16)8-14(13)17-9-18-15/h2-9H,16H2,1H3,(H,17,18,19). The van der Waals surface area contributed by atoms with Crippen LogP contribution >= 0.6 is 0 Å². The molecule has 0 fully saturated rings. The highest BCUT2D eigenvalue weighted by Crippen LogP contribution is 2.25. The molecule has 0 radical (unpaired) electrons. The summed E-state index contributed by atoms with van der Waals surface area (Å²) in [5.74, 6) is 1.57. The van der Waals surface area contributed by atoms with Gasteiger partial charge in [0.25, 0.3) is 0 Å². The molecule has 100 valence electrons. The lowest BCUT2D eigenvalue weighted by molar-refractivity contribution is 0.415. The Hall–Kier alpha value is -2.82. The minimum atomic E-state index is 0.687. The molecule has 2 aromatic carbocycles. The first-order valence-electron chi connectivity index (χ1n) is 6.17. The number of fused-ring (bicyclic) bond motifs is 1. The zero-order valence-corrected chi connectivity index (χ0v) is 11.0. The molecule has 0 unspecified atom stereocenters. The van der Waals surface area contributed by atoms with Crippen molar-refractivity contribution < 1.29 is 4.74 Å². The van der Waals surface area contributed by atoms with E-state index in [0.29, 0.717) is 5.69 Å². The van der Waals surface area contributed by atoms with E-state index in [0.717, 1.165) is 28.2 Å². The smallest absolute Gasteiger partial charge is 0.141 e. The molecular formula is C15H14N4O. The van der Waals surface area contributed by atoms with E-state index in [2.05, 4.69) is 15.3 Å². The fourth-order valence-corrected chi connectivity index (χ4v) is 1.98. The molecule has 0 saturated carbocycles. The lowest BCUT2D eigenvalue weighted by atomic mass is 10.2. The summed E-state index contributed by atoms with van der Waals surface area (Å²) in [6.45, 7) is 0. The molecule has 0 amide bonds. The maximum Gasteiger partial charge on any atom is 0.141 e. The third kappa shape index (κ3) is 2.33. The van der Waals surface area contributed by atoms with Gasteiger partial charge in [0, 0.05) is 16.8 Å². The topological polar surface area (TPSA) is 73.1 Å². The van der Waals surface area contributed by atoms with E-state index >= 15 is 0 Å². The van der Waals surface area contributed by atoms with Crippen molar-refractivity contribution in [2.45, 2.75) is 0 Å². The Balaban J connectivity index is 1.97. The Morgan fingerprint density at radius 1 is 1.05 bits per heavy atom. The van der Waals surface area contributed by atoms with E-state index in [9.17, 15) is 0 Å². The van der Waals surface area contributed by atoms with Crippen LogP contribution in [0.5, 0.6) is 5.75 Å². The number of ether oxygens (including phenoxy) is 1. The van der Waals surface area contributed by atoms with Crippen LogP contribution in [0.1, 0.15) is 0 Å². The van der Waals surface area contributed by atoms with Crippen molar-refractivity contribution in [2.75, 3.05) is 18.2 Å². The zero-order chi connectivity index (χ0) is 13.9. The quantitative estimate of drug-likeness (QED) is 0.713. The minimum Gasteiger partial charge on any atom is -0.497 e. The number of aromatic nitrogens is 2. The number of nitrogens with zero attached hydrogens (tertiary/aromatic N) is 2. The van der Waals surface area contributed by atoms with Gasteiger partial charge < -0.3 is 15.8 Å². The first kappa shape index (κ1) is 12.2. The second-order valence-electron chi connectivity index (χ2n) is 4.35. The Labute approximate surface area is 116 Å². The van der Waals surface area contributed by atoms with Crippen LogP contribution in [0, 0.1) is 0 Å². The second-order valence-corrected chi connectivity index (χ2v) is 4.35. The van der Waals surface area contributed by atoms with Crippen molar-refractivity contribution in [2.24, 2.45) is 0 Å². The second kappa shape index (κ2) is 5.05. The minimum absolute atomic E-state index is 0.687. The third-order valence-electron chi connectivity index (χ3n) is 3.01. The van der Waals surface area contributed by atoms with Gasteiger partial charge in [-0.15, -0.1) is 0 Å². The van der Waals surface area contributed by atoms with Gasteiger partial charge in [0.15, 0.2) is 0 Å². The lowest BCUT2D eigenvalue weighted by Gasteiger charge is -2.09. The van der Waals surface area contributed by atoms with Crippen LogP contribution in [0.3, 0.4) is 0 Å². The van der Waals surface area contributed by atoms with Crippen molar-refractivity contribution in [1.82, 2.24) is 9.97 Å². The maximum absolute atomic E-state index is 5.76. The summed E-state index contributed by atoms with van der Waals surface area (Å²) in [5, 5.41) is 4.20. The number of anilines is 3. The highest BCUT2D eigenvalue weighted by molar-refractivity contribution is 5.92. The monoisotopic (exact) mass is 266 g/mol. The Morgan fingerprint density at radius 3 is 2.60 bits per heavy atom. The highest BCUT2D eigenvalue weighted by atomic mass is 16.5. The van der Waals surface area contributed by atoms with Crippen LogP contribution in [-0.4, -0.2) is 17.1 Å². The van der Waals surface area contributed by atoms with Crippen LogP contribution in [0.4, 0.5) is 17.2 Å². The summed E-state index contributed by atoms with van der Waals surface area (Å²) in [6.07, 6.45) is 1.52. The van der Waals surface area contributed by atoms with E-state index in [4.69, 9.17) is 10.5 Å². The molecule has 3 rings (SSSR count). The molecule has 0 bridgehead atoms. The van der Waals surface area contributed by atoms with Gasteiger partial charge in [0.05, 0.1) is 12.6 Å². The van der Waals surface area contributed by atoms with E-state index < -0.39 is 0 Å². The average Bonchev–Trinajstić information content (AvgIpc) is 2.48. The predicted octanol–water partition coefficient (Wildman–Crippen LogP) is 2.96. The number of nitrogen functional groups attached to an aromatic ring is 1. The molecule has 0 spiro atoms. The predicted molar refractivity (Wildman–Crippen MR) is 80.2 cm³/mol. The van der Waals surface area contributed by atoms with Gasteiger partial charge in [0.1, 0.15) is 17.9 Å². The number of nitrogens with two attached hydrogens (primary N) is 1. The molecule has 0 aliphatic carbocycles. The van der Waals surface area contributed by atoms with Gasteiger partial charge in [-0.05, 0) is 42.5 Å². The van der Waals surface area contributed by atoms with Crippen LogP contribution in [-0.2, 0) is 0 Å². The molecule has 3 N–H and O–H groups in total. The Bertz CT molecular complexity index is 740. The van der Waals surface area contributed by atoms with Crippen LogP contribution in [0.15, 0.2) is 48.8 Å². The number of nitrogens with one attached hydrogen (secondary N) is 1.